The number of aromatic nitrogens is 2. The Morgan fingerprint density at radius 3 is 2.88 bits per heavy atom. The average molecular weight is 223 g/mol. The molecule has 1 aliphatic rings. The Bertz CT molecular complexity index is 350. The fourth-order valence-electron chi connectivity index (χ4n) is 2.25. The summed E-state index contributed by atoms with van der Waals surface area (Å²) < 4.78 is 2.01. The van der Waals surface area contributed by atoms with Gasteiger partial charge in [0.2, 0.25) is 0 Å². The fourth-order valence-corrected chi connectivity index (χ4v) is 2.25. The van der Waals surface area contributed by atoms with Gasteiger partial charge in [-0.05, 0) is 5.92 Å². The van der Waals surface area contributed by atoms with Crippen molar-refractivity contribution in [2.45, 2.75) is 13.5 Å². The van der Waals surface area contributed by atoms with Crippen LogP contribution in [0.25, 0.3) is 0 Å². The maximum Gasteiger partial charge on any atom is 0.308 e. The molecule has 0 unspecified atom stereocenters. The molecule has 16 heavy (non-hydrogen) atoms. The number of imidazole rings is 1. The number of carboxylic acid groups (broad SMARTS) is 1. The molecule has 2 rings (SSSR count). The van der Waals surface area contributed by atoms with Crippen LogP contribution in [-0.4, -0.2) is 45.2 Å². The molecule has 2 heterocycles. The maximum absolute atomic E-state index is 10.9. The number of rotatable bonds is 4. The highest BCUT2D eigenvalue weighted by Gasteiger charge is 2.34. The zero-order valence-corrected chi connectivity index (χ0v) is 9.41. The van der Waals surface area contributed by atoms with Crippen LogP contribution < -0.4 is 0 Å². The van der Waals surface area contributed by atoms with Crippen molar-refractivity contribution in [2.24, 2.45) is 11.8 Å². The molecular formula is C11H17N3O2. The SMILES string of the molecule is C[C@@H]1CN(CCn2ccnc2)C[C@H]1C(=O)O. The van der Waals surface area contributed by atoms with Crippen LogP contribution in [0, 0.1) is 11.8 Å². The Morgan fingerprint density at radius 2 is 2.31 bits per heavy atom. The zero-order valence-electron chi connectivity index (χ0n) is 9.41. The van der Waals surface area contributed by atoms with Crippen LogP contribution in [0.1, 0.15) is 6.92 Å². The molecule has 0 aromatic carbocycles. The Morgan fingerprint density at radius 1 is 1.50 bits per heavy atom. The number of hydrogen-bond acceptors (Lipinski definition) is 3. The third-order valence-corrected chi connectivity index (χ3v) is 3.24. The van der Waals surface area contributed by atoms with Crippen LogP contribution >= 0.6 is 0 Å². The van der Waals surface area contributed by atoms with E-state index in [-0.39, 0.29) is 11.8 Å². The summed E-state index contributed by atoms with van der Waals surface area (Å²) in [5.41, 5.74) is 0. The van der Waals surface area contributed by atoms with Crippen molar-refractivity contribution in [3.63, 3.8) is 0 Å². The Hall–Kier alpha value is -1.36. The lowest BCUT2D eigenvalue weighted by Gasteiger charge is -2.15. The molecule has 1 fully saturated rings. The van der Waals surface area contributed by atoms with E-state index in [1.807, 2.05) is 17.7 Å². The summed E-state index contributed by atoms with van der Waals surface area (Å²) in [7, 11) is 0. The van der Waals surface area contributed by atoms with Gasteiger partial charge >= 0.3 is 5.97 Å². The first-order chi connectivity index (χ1) is 7.66. The van der Waals surface area contributed by atoms with Crippen LogP contribution in [0.4, 0.5) is 0 Å². The first kappa shape index (κ1) is 11.1. The lowest BCUT2D eigenvalue weighted by Crippen LogP contribution is -2.26. The van der Waals surface area contributed by atoms with E-state index in [2.05, 4.69) is 9.88 Å². The highest BCUT2D eigenvalue weighted by Crippen LogP contribution is 2.22. The van der Waals surface area contributed by atoms with Gasteiger partial charge in [0.25, 0.3) is 0 Å². The normalized spacial score (nSPS) is 26.1. The van der Waals surface area contributed by atoms with Crippen molar-refractivity contribution >= 4 is 5.97 Å². The molecule has 88 valence electrons. The minimum absolute atomic E-state index is 0.206. The molecule has 0 spiro atoms. The molecular weight excluding hydrogens is 206 g/mol. The summed E-state index contributed by atoms with van der Waals surface area (Å²) in [4.78, 5) is 17.1. The van der Waals surface area contributed by atoms with Gasteiger partial charge in [0.1, 0.15) is 0 Å². The highest BCUT2D eigenvalue weighted by molar-refractivity contribution is 5.71. The third kappa shape index (κ3) is 2.41. The van der Waals surface area contributed by atoms with E-state index in [0.717, 1.165) is 19.6 Å². The first-order valence-electron chi connectivity index (χ1n) is 5.57. The molecule has 0 saturated carbocycles. The number of carbonyl (C=O) groups is 1. The topological polar surface area (TPSA) is 58.4 Å². The molecule has 1 aromatic rings. The summed E-state index contributed by atoms with van der Waals surface area (Å²) in [6.07, 6.45) is 5.47. The highest BCUT2D eigenvalue weighted by atomic mass is 16.4. The van der Waals surface area contributed by atoms with Gasteiger partial charge in [-0.1, -0.05) is 6.92 Å². The Kier molecular flexibility index (Phi) is 3.24. The van der Waals surface area contributed by atoms with Gasteiger partial charge in [-0.2, -0.15) is 0 Å². The van der Waals surface area contributed by atoms with Gasteiger partial charge in [-0.15, -0.1) is 0 Å². The molecule has 0 radical (unpaired) electrons. The van der Waals surface area contributed by atoms with Crippen LogP contribution in [0.2, 0.25) is 0 Å². The van der Waals surface area contributed by atoms with Gasteiger partial charge < -0.3 is 14.6 Å². The predicted octanol–water partition coefficient (Wildman–Crippen LogP) is 0.536. The van der Waals surface area contributed by atoms with Crippen molar-refractivity contribution in [2.75, 3.05) is 19.6 Å². The zero-order chi connectivity index (χ0) is 11.5. The van der Waals surface area contributed by atoms with Crippen molar-refractivity contribution < 1.29 is 9.90 Å². The van der Waals surface area contributed by atoms with E-state index < -0.39 is 5.97 Å². The van der Waals surface area contributed by atoms with Gasteiger partial charge in [-0.25, -0.2) is 4.98 Å². The molecule has 1 aliphatic heterocycles. The Balaban J connectivity index is 1.82. The van der Waals surface area contributed by atoms with E-state index in [4.69, 9.17) is 5.11 Å². The molecule has 5 heteroatoms. The minimum Gasteiger partial charge on any atom is -0.481 e. The molecule has 1 aromatic heterocycles. The van der Waals surface area contributed by atoms with Gasteiger partial charge in [-0.3, -0.25) is 4.79 Å². The largest absolute Gasteiger partial charge is 0.481 e. The molecule has 0 amide bonds. The van der Waals surface area contributed by atoms with E-state index >= 15 is 0 Å². The molecule has 0 aliphatic carbocycles. The van der Waals surface area contributed by atoms with Crippen LogP contribution in [-0.2, 0) is 11.3 Å². The summed E-state index contributed by atoms with van der Waals surface area (Å²) in [5, 5.41) is 9.01. The maximum atomic E-state index is 10.9. The lowest BCUT2D eigenvalue weighted by molar-refractivity contribution is -0.142. The summed E-state index contributed by atoms with van der Waals surface area (Å²) >= 11 is 0. The van der Waals surface area contributed by atoms with Crippen LogP contribution in [0.5, 0.6) is 0 Å². The molecule has 1 saturated heterocycles. The monoisotopic (exact) mass is 223 g/mol. The standard InChI is InChI=1S/C11H17N3O2/c1-9-6-14(7-10(9)11(15)16)5-4-13-3-2-12-8-13/h2-3,8-10H,4-7H2,1H3,(H,15,16)/t9-,10-/m1/s1. The van der Waals surface area contributed by atoms with Crippen LogP contribution in [0.3, 0.4) is 0 Å². The molecule has 0 bridgehead atoms. The Labute approximate surface area is 94.7 Å². The average Bonchev–Trinajstić information content (AvgIpc) is 2.83. The molecule has 5 nitrogen and oxygen atoms in total. The minimum atomic E-state index is -0.669. The quantitative estimate of drug-likeness (QED) is 0.809. The molecule has 1 N–H and O–H groups in total. The van der Waals surface area contributed by atoms with E-state index in [9.17, 15) is 4.79 Å². The number of likely N-dealkylation sites (tertiary alicyclic amines) is 1. The lowest BCUT2D eigenvalue weighted by atomic mass is 9.99. The van der Waals surface area contributed by atoms with E-state index in [0.29, 0.717) is 6.54 Å². The number of aliphatic carboxylic acids is 1. The smallest absolute Gasteiger partial charge is 0.308 e. The summed E-state index contributed by atoms with van der Waals surface area (Å²) in [6.45, 7) is 5.33. The van der Waals surface area contributed by atoms with Gasteiger partial charge in [0.05, 0.1) is 12.2 Å². The molecule has 2 atom stereocenters. The van der Waals surface area contributed by atoms with Crippen molar-refractivity contribution in [1.82, 2.24) is 14.5 Å². The second-order valence-electron chi connectivity index (χ2n) is 4.48. The van der Waals surface area contributed by atoms with Crippen molar-refractivity contribution in [3.8, 4) is 0 Å². The predicted molar refractivity (Wildman–Crippen MR) is 59.0 cm³/mol. The third-order valence-electron chi connectivity index (χ3n) is 3.24. The van der Waals surface area contributed by atoms with Gasteiger partial charge in [0, 0.05) is 38.6 Å². The summed E-state index contributed by atoms with van der Waals surface area (Å²) in [6, 6.07) is 0. The number of carboxylic acids is 1. The van der Waals surface area contributed by atoms with E-state index in [1.54, 1.807) is 12.5 Å². The number of nitrogens with zero attached hydrogens (tertiary/aromatic N) is 3. The van der Waals surface area contributed by atoms with Gasteiger partial charge in [0.15, 0.2) is 0 Å². The summed E-state index contributed by atoms with van der Waals surface area (Å²) in [5.74, 6) is -0.624. The number of hydrogen-bond donors (Lipinski definition) is 1. The van der Waals surface area contributed by atoms with Crippen molar-refractivity contribution in [3.05, 3.63) is 18.7 Å². The second-order valence-corrected chi connectivity index (χ2v) is 4.48. The van der Waals surface area contributed by atoms with Crippen LogP contribution in [0.15, 0.2) is 18.7 Å². The first-order valence-corrected chi connectivity index (χ1v) is 5.57. The van der Waals surface area contributed by atoms with E-state index in [1.165, 1.54) is 0 Å². The second kappa shape index (κ2) is 4.65. The van der Waals surface area contributed by atoms with Crippen molar-refractivity contribution in [1.29, 1.82) is 0 Å². The fraction of sp³-hybridized carbons (Fsp3) is 0.636.